The third kappa shape index (κ3) is 1.94. The van der Waals surface area contributed by atoms with Crippen molar-refractivity contribution in [2.45, 2.75) is 19.8 Å². The van der Waals surface area contributed by atoms with Gasteiger partial charge in [0.15, 0.2) is 0 Å². The van der Waals surface area contributed by atoms with E-state index in [1.807, 2.05) is 0 Å². The minimum Gasteiger partial charge on any atom is -0.0911 e. The highest BCUT2D eigenvalue weighted by atomic mass is 14.1. The highest BCUT2D eigenvalue weighted by Crippen LogP contribution is 2.26. The lowest BCUT2D eigenvalue weighted by Crippen LogP contribution is -1.90. The second-order valence-corrected chi connectivity index (χ2v) is 3.88. The van der Waals surface area contributed by atoms with Gasteiger partial charge in [0.25, 0.3) is 0 Å². The molecule has 0 N–H and O–H groups in total. The highest BCUT2D eigenvalue weighted by Gasteiger charge is 2.04. The zero-order chi connectivity index (χ0) is 10.7. The van der Waals surface area contributed by atoms with E-state index < -0.39 is 0 Å². The summed E-state index contributed by atoms with van der Waals surface area (Å²) >= 11 is 0. The number of fused-ring (bicyclic) bond motifs is 1. The molecule has 2 aromatic carbocycles. The van der Waals surface area contributed by atoms with Crippen molar-refractivity contribution >= 4 is 10.8 Å². The quantitative estimate of drug-likeness (QED) is 0.619. The summed E-state index contributed by atoms with van der Waals surface area (Å²) in [6, 6.07) is 15.1. The van der Waals surface area contributed by atoms with E-state index in [1.165, 1.54) is 16.3 Å². The van der Waals surface area contributed by atoms with Gasteiger partial charge in [0.1, 0.15) is 0 Å². The summed E-state index contributed by atoms with van der Waals surface area (Å²) in [4.78, 5) is 0. The van der Waals surface area contributed by atoms with Crippen molar-refractivity contribution in [2.75, 3.05) is 0 Å². The summed E-state index contributed by atoms with van der Waals surface area (Å²) in [5.74, 6) is 0.487. The van der Waals surface area contributed by atoms with Gasteiger partial charge in [-0.2, -0.15) is 0 Å². The van der Waals surface area contributed by atoms with Crippen molar-refractivity contribution < 1.29 is 0 Å². The molecule has 15 heavy (non-hydrogen) atoms. The van der Waals surface area contributed by atoms with Gasteiger partial charge in [-0.1, -0.05) is 61.5 Å². The maximum atomic E-state index is 2.24. The molecule has 2 aromatic rings. The van der Waals surface area contributed by atoms with E-state index in [2.05, 4.69) is 68.5 Å². The van der Waals surface area contributed by atoms with Crippen molar-refractivity contribution in [3.05, 3.63) is 60.2 Å². The fraction of sp³-hybridized carbons (Fsp3) is 0.200. The molecule has 1 unspecified atom stereocenters. The zero-order valence-electron chi connectivity index (χ0n) is 9.27. The lowest BCUT2D eigenvalue weighted by atomic mass is 9.94. The molecule has 0 radical (unpaired) electrons. The first-order valence-corrected chi connectivity index (χ1v) is 5.43. The molecular weight excluding hydrogens is 180 g/mol. The molecule has 0 nitrogen and oxygen atoms in total. The first-order chi connectivity index (χ1) is 7.33. The number of rotatable bonds is 2. The monoisotopic (exact) mass is 196 g/mol. The molecule has 0 heteroatoms. The van der Waals surface area contributed by atoms with Crippen molar-refractivity contribution in [1.29, 1.82) is 0 Å². The maximum absolute atomic E-state index is 2.24. The van der Waals surface area contributed by atoms with E-state index in [9.17, 15) is 0 Å². The number of hydrogen-bond acceptors (Lipinski definition) is 0. The van der Waals surface area contributed by atoms with Crippen LogP contribution >= 0.6 is 0 Å². The molecule has 0 spiro atoms. The van der Waals surface area contributed by atoms with Gasteiger partial charge in [-0.05, 0) is 29.2 Å². The van der Waals surface area contributed by atoms with Gasteiger partial charge in [0.2, 0.25) is 0 Å². The first-order valence-electron chi connectivity index (χ1n) is 5.43. The Morgan fingerprint density at radius 1 is 1.00 bits per heavy atom. The van der Waals surface area contributed by atoms with Crippen LogP contribution in [0.4, 0.5) is 0 Å². The Morgan fingerprint density at radius 2 is 1.73 bits per heavy atom. The maximum Gasteiger partial charge on any atom is -0.000440 e. The lowest BCUT2D eigenvalue weighted by molar-refractivity contribution is 0.977. The van der Waals surface area contributed by atoms with Gasteiger partial charge in [-0.3, -0.25) is 0 Å². The van der Waals surface area contributed by atoms with Gasteiger partial charge in [-0.15, -0.1) is 0 Å². The topological polar surface area (TPSA) is 0 Å². The Labute approximate surface area is 91.2 Å². The molecule has 1 atom stereocenters. The van der Waals surface area contributed by atoms with E-state index >= 15 is 0 Å². The van der Waals surface area contributed by atoms with Gasteiger partial charge < -0.3 is 0 Å². The molecule has 0 aromatic heterocycles. The van der Waals surface area contributed by atoms with E-state index in [0.717, 1.165) is 0 Å². The molecule has 0 fully saturated rings. The van der Waals surface area contributed by atoms with Crippen LogP contribution in [-0.4, -0.2) is 0 Å². The zero-order valence-corrected chi connectivity index (χ0v) is 9.27. The van der Waals surface area contributed by atoms with E-state index in [-0.39, 0.29) is 0 Å². The Morgan fingerprint density at radius 3 is 2.53 bits per heavy atom. The largest absolute Gasteiger partial charge is 0.0911 e. The summed E-state index contributed by atoms with van der Waals surface area (Å²) in [5, 5.41) is 2.69. The van der Waals surface area contributed by atoms with Crippen LogP contribution in [0.3, 0.4) is 0 Å². The van der Waals surface area contributed by atoms with Crippen LogP contribution in [-0.2, 0) is 0 Å². The third-order valence-electron chi connectivity index (χ3n) is 2.80. The molecule has 76 valence electrons. The van der Waals surface area contributed by atoms with E-state index in [1.54, 1.807) is 0 Å². The minimum absolute atomic E-state index is 0.487. The van der Waals surface area contributed by atoms with Crippen molar-refractivity contribution in [1.82, 2.24) is 0 Å². The van der Waals surface area contributed by atoms with Crippen molar-refractivity contribution in [2.24, 2.45) is 0 Å². The highest BCUT2D eigenvalue weighted by molar-refractivity contribution is 5.86. The normalized spacial score (nSPS) is 13.5. The average molecular weight is 196 g/mol. The summed E-state index contributed by atoms with van der Waals surface area (Å²) in [6.45, 7) is 4.31. The van der Waals surface area contributed by atoms with Crippen LogP contribution in [0.5, 0.6) is 0 Å². The number of allylic oxidation sites excluding steroid dienone is 2. The SMILES string of the molecule is C/C=C/C(C)c1cccc2ccccc12. The fourth-order valence-corrected chi connectivity index (χ4v) is 2.04. The third-order valence-corrected chi connectivity index (χ3v) is 2.80. The van der Waals surface area contributed by atoms with Gasteiger partial charge in [0, 0.05) is 0 Å². The van der Waals surface area contributed by atoms with Crippen LogP contribution in [0.1, 0.15) is 25.3 Å². The molecule has 0 aliphatic heterocycles. The van der Waals surface area contributed by atoms with Crippen LogP contribution < -0.4 is 0 Å². The molecule has 2 rings (SSSR count). The van der Waals surface area contributed by atoms with Crippen molar-refractivity contribution in [3.63, 3.8) is 0 Å². The molecule has 0 heterocycles. The number of hydrogen-bond donors (Lipinski definition) is 0. The Kier molecular flexibility index (Phi) is 2.86. The second-order valence-electron chi connectivity index (χ2n) is 3.88. The van der Waals surface area contributed by atoms with Crippen LogP contribution in [0.2, 0.25) is 0 Å². The smallest absolute Gasteiger partial charge is 0.000440 e. The molecule has 0 amide bonds. The molecule has 0 bridgehead atoms. The molecule has 0 saturated carbocycles. The summed E-state index contributed by atoms with van der Waals surface area (Å²) in [7, 11) is 0. The van der Waals surface area contributed by atoms with Crippen LogP contribution in [0.15, 0.2) is 54.6 Å². The van der Waals surface area contributed by atoms with Gasteiger partial charge >= 0.3 is 0 Å². The Bertz CT molecular complexity index is 475. The number of benzene rings is 2. The predicted molar refractivity (Wildman–Crippen MR) is 67.2 cm³/mol. The summed E-state index contributed by atoms with van der Waals surface area (Å²) < 4.78 is 0. The molecule has 0 aliphatic carbocycles. The molecule has 0 saturated heterocycles. The predicted octanol–water partition coefficient (Wildman–Crippen LogP) is 4.52. The average Bonchev–Trinajstić information content (AvgIpc) is 2.28. The van der Waals surface area contributed by atoms with Crippen molar-refractivity contribution in [3.8, 4) is 0 Å². The van der Waals surface area contributed by atoms with Gasteiger partial charge in [-0.25, -0.2) is 0 Å². The van der Waals surface area contributed by atoms with Crippen LogP contribution in [0.25, 0.3) is 10.8 Å². The van der Waals surface area contributed by atoms with Crippen LogP contribution in [0, 0.1) is 0 Å². The second kappa shape index (κ2) is 4.31. The summed E-state index contributed by atoms with van der Waals surface area (Å²) in [6.07, 6.45) is 4.36. The molecule has 0 aliphatic rings. The Hall–Kier alpha value is -1.56. The minimum atomic E-state index is 0.487. The first kappa shape index (κ1) is 9.97. The Balaban J connectivity index is 2.60. The lowest BCUT2D eigenvalue weighted by Gasteiger charge is -2.10. The van der Waals surface area contributed by atoms with Gasteiger partial charge in [0.05, 0.1) is 0 Å². The standard InChI is InChI=1S/C15H16/c1-3-7-12(2)14-11-6-9-13-8-4-5-10-15(13)14/h3-12H,1-2H3/b7-3+. The summed E-state index contributed by atoms with van der Waals surface area (Å²) in [5.41, 5.74) is 1.41. The van der Waals surface area contributed by atoms with E-state index in [4.69, 9.17) is 0 Å². The van der Waals surface area contributed by atoms with E-state index in [0.29, 0.717) is 5.92 Å². The fourth-order valence-electron chi connectivity index (χ4n) is 2.04. The molecular formula is C15H16.